The second kappa shape index (κ2) is 9.28. The molecule has 1 aromatic carbocycles. The van der Waals surface area contributed by atoms with E-state index in [-0.39, 0.29) is 19.6 Å². The highest BCUT2D eigenvalue weighted by molar-refractivity contribution is 14.1. The predicted molar refractivity (Wildman–Crippen MR) is 84.2 cm³/mol. The third-order valence-corrected chi connectivity index (χ3v) is 3.62. The molecule has 0 aliphatic heterocycles. The van der Waals surface area contributed by atoms with Crippen molar-refractivity contribution in [1.29, 1.82) is 0 Å². The fourth-order valence-electron chi connectivity index (χ4n) is 1.78. The zero-order valence-electron chi connectivity index (χ0n) is 11.1. The quantitative estimate of drug-likeness (QED) is 0.483. The molecule has 2 unspecified atom stereocenters. The van der Waals surface area contributed by atoms with E-state index >= 15 is 0 Å². The Hall–Kier alpha value is -0.700. The van der Waals surface area contributed by atoms with Gasteiger partial charge in [0.25, 0.3) is 0 Å². The molecule has 0 aromatic heterocycles. The van der Waals surface area contributed by atoms with E-state index in [9.17, 15) is 15.0 Å². The summed E-state index contributed by atoms with van der Waals surface area (Å²) in [6.45, 7) is -0.249. The van der Waals surface area contributed by atoms with Gasteiger partial charge in [-0.3, -0.25) is 4.79 Å². The minimum Gasteiger partial charge on any atom is -0.396 e. The largest absolute Gasteiger partial charge is 0.396 e. The van der Waals surface area contributed by atoms with Crippen molar-refractivity contribution >= 4 is 28.5 Å². The van der Waals surface area contributed by atoms with Crippen LogP contribution in [-0.4, -0.2) is 46.6 Å². The summed E-state index contributed by atoms with van der Waals surface area (Å²) in [6.07, 6.45) is -0.0568. The van der Waals surface area contributed by atoms with Crippen LogP contribution < -0.4 is 5.32 Å². The third-order valence-electron chi connectivity index (χ3n) is 2.90. The van der Waals surface area contributed by atoms with Crippen LogP contribution in [0, 0.1) is 3.57 Å². The number of benzene rings is 1. The van der Waals surface area contributed by atoms with Gasteiger partial charge in [0.2, 0.25) is 5.91 Å². The van der Waals surface area contributed by atoms with Gasteiger partial charge in [-0.05, 0) is 59.5 Å². The standard InChI is InChI=1S/C14H20INO4/c15-11-5-3-10(4-6-11)8-12(9-18)16-14(20)13(19)2-1-7-17/h3-6,12-13,17-19H,1-2,7-9H2,(H,16,20). The molecule has 5 nitrogen and oxygen atoms in total. The maximum absolute atomic E-state index is 11.7. The van der Waals surface area contributed by atoms with Crippen molar-refractivity contribution in [2.24, 2.45) is 0 Å². The van der Waals surface area contributed by atoms with E-state index in [0.29, 0.717) is 12.8 Å². The van der Waals surface area contributed by atoms with E-state index in [1.165, 1.54) is 0 Å². The Morgan fingerprint density at radius 3 is 2.45 bits per heavy atom. The van der Waals surface area contributed by atoms with Gasteiger partial charge in [0.1, 0.15) is 6.10 Å². The second-order valence-electron chi connectivity index (χ2n) is 4.60. The maximum Gasteiger partial charge on any atom is 0.249 e. The minimum atomic E-state index is -1.15. The lowest BCUT2D eigenvalue weighted by molar-refractivity contribution is -0.130. The van der Waals surface area contributed by atoms with E-state index in [1.54, 1.807) is 0 Å². The number of hydrogen-bond donors (Lipinski definition) is 4. The topological polar surface area (TPSA) is 89.8 Å². The molecule has 1 aromatic rings. The summed E-state index contributed by atoms with van der Waals surface area (Å²) in [5, 5.41) is 30.2. The number of amides is 1. The van der Waals surface area contributed by atoms with Crippen LogP contribution in [0.5, 0.6) is 0 Å². The van der Waals surface area contributed by atoms with Crippen molar-refractivity contribution in [3.63, 3.8) is 0 Å². The van der Waals surface area contributed by atoms with Crippen molar-refractivity contribution < 1.29 is 20.1 Å². The lowest BCUT2D eigenvalue weighted by Gasteiger charge is -2.18. The molecular weight excluding hydrogens is 373 g/mol. The first-order valence-corrected chi connectivity index (χ1v) is 7.59. The number of carbonyl (C=O) groups is 1. The Kier molecular flexibility index (Phi) is 8.05. The van der Waals surface area contributed by atoms with Gasteiger partial charge in [0.15, 0.2) is 0 Å². The van der Waals surface area contributed by atoms with Gasteiger partial charge in [-0.2, -0.15) is 0 Å². The summed E-state index contributed by atoms with van der Waals surface area (Å²) < 4.78 is 1.12. The van der Waals surface area contributed by atoms with Crippen molar-refractivity contribution in [1.82, 2.24) is 5.32 Å². The van der Waals surface area contributed by atoms with Crippen molar-refractivity contribution in [2.45, 2.75) is 31.4 Å². The molecular formula is C14H20INO4. The van der Waals surface area contributed by atoms with Crippen molar-refractivity contribution in [2.75, 3.05) is 13.2 Å². The highest BCUT2D eigenvalue weighted by atomic mass is 127. The Labute approximate surface area is 132 Å². The minimum absolute atomic E-state index is 0.0591. The Morgan fingerprint density at radius 2 is 1.90 bits per heavy atom. The second-order valence-corrected chi connectivity index (χ2v) is 5.85. The normalized spacial score (nSPS) is 13.8. The van der Waals surface area contributed by atoms with E-state index in [1.807, 2.05) is 24.3 Å². The molecule has 0 saturated heterocycles. The first-order valence-electron chi connectivity index (χ1n) is 6.51. The smallest absolute Gasteiger partial charge is 0.249 e. The Bertz CT molecular complexity index is 410. The molecule has 0 radical (unpaired) electrons. The highest BCUT2D eigenvalue weighted by Crippen LogP contribution is 2.09. The maximum atomic E-state index is 11.7. The molecule has 2 atom stereocenters. The monoisotopic (exact) mass is 393 g/mol. The summed E-state index contributed by atoms with van der Waals surface area (Å²) in [5.41, 5.74) is 1.01. The molecule has 0 aliphatic carbocycles. The van der Waals surface area contributed by atoms with Crippen LogP contribution in [0.2, 0.25) is 0 Å². The number of aliphatic hydroxyl groups excluding tert-OH is 3. The summed E-state index contributed by atoms with van der Waals surface area (Å²) in [7, 11) is 0. The van der Waals surface area contributed by atoms with Gasteiger partial charge in [-0.15, -0.1) is 0 Å². The van der Waals surface area contributed by atoms with Crippen molar-refractivity contribution in [3.05, 3.63) is 33.4 Å². The number of nitrogens with one attached hydrogen (secondary N) is 1. The summed E-state index contributed by atoms with van der Waals surface area (Å²) in [5.74, 6) is -0.511. The third kappa shape index (κ3) is 6.17. The van der Waals surface area contributed by atoms with Crippen LogP contribution in [0.3, 0.4) is 0 Å². The predicted octanol–water partition coefficient (Wildman–Crippen LogP) is 0.444. The molecule has 1 rings (SSSR count). The number of halogens is 1. The van der Waals surface area contributed by atoms with Crippen molar-refractivity contribution in [3.8, 4) is 0 Å². The van der Waals surface area contributed by atoms with Gasteiger partial charge < -0.3 is 20.6 Å². The molecule has 0 fully saturated rings. The van der Waals surface area contributed by atoms with Crippen LogP contribution in [0.15, 0.2) is 24.3 Å². The average molecular weight is 393 g/mol. The number of rotatable bonds is 8. The summed E-state index contributed by atoms with van der Waals surface area (Å²) >= 11 is 2.21. The molecule has 0 saturated carbocycles. The zero-order chi connectivity index (χ0) is 15.0. The molecule has 1 amide bonds. The SMILES string of the molecule is O=C(NC(CO)Cc1ccc(I)cc1)C(O)CCCO. The van der Waals surface area contributed by atoms with E-state index < -0.39 is 18.1 Å². The lowest BCUT2D eigenvalue weighted by atomic mass is 10.1. The molecule has 0 bridgehead atoms. The number of aliphatic hydroxyl groups is 3. The van der Waals surface area contributed by atoms with Gasteiger partial charge in [0, 0.05) is 10.2 Å². The summed E-state index contributed by atoms with van der Waals surface area (Å²) in [4.78, 5) is 11.7. The molecule has 4 N–H and O–H groups in total. The molecule has 6 heteroatoms. The first kappa shape index (κ1) is 17.4. The van der Waals surface area contributed by atoms with Crippen LogP contribution in [0.4, 0.5) is 0 Å². The number of hydrogen-bond acceptors (Lipinski definition) is 4. The summed E-state index contributed by atoms with van der Waals surface area (Å²) in [6, 6.07) is 7.38. The highest BCUT2D eigenvalue weighted by Gasteiger charge is 2.18. The van der Waals surface area contributed by atoms with Gasteiger partial charge in [-0.1, -0.05) is 12.1 Å². The molecule has 20 heavy (non-hydrogen) atoms. The Balaban J connectivity index is 2.50. The van der Waals surface area contributed by atoms with Gasteiger partial charge >= 0.3 is 0 Å². The fourth-order valence-corrected chi connectivity index (χ4v) is 2.14. The van der Waals surface area contributed by atoms with Crippen LogP contribution >= 0.6 is 22.6 Å². The van der Waals surface area contributed by atoms with Crippen LogP contribution in [0.25, 0.3) is 0 Å². The number of carbonyl (C=O) groups excluding carboxylic acids is 1. The molecule has 112 valence electrons. The Morgan fingerprint density at radius 1 is 1.25 bits per heavy atom. The van der Waals surface area contributed by atoms with E-state index in [2.05, 4.69) is 27.9 Å². The lowest BCUT2D eigenvalue weighted by Crippen LogP contribution is -2.44. The fraction of sp³-hybridized carbons (Fsp3) is 0.500. The first-order chi connectivity index (χ1) is 9.56. The van der Waals surface area contributed by atoms with Crippen LogP contribution in [-0.2, 0) is 11.2 Å². The average Bonchev–Trinajstić information content (AvgIpc) is 2.46. The van der Waals surface area contributed by atoms with Gasteiger partial charge in [0.05, 0.1) is 12.6 Å². The molecule has 0 heterocycles. The van der Waals surface area contributed by atoms with Crippen LogP contribution in [0.1, 0.15) is 18.4 Å². The molecule has 0 aliphatic rings. The zero-order valence-corrected chi connectivity index (χ0v) is 13.3. The van der Waals surface area contributed by atoms with E-state index in [0.717, 1.165) is 9.13 Å². The van der Waals surface area contributed by atoms with Gasteiger partial charge in [-0.25, -0.2) is 0 Å². The molecule has 0 spiro atoms. The van der Waals surface area contributed by atoms with E-state index in [4.69, 9.17) is 5.11 Å².